The predicted molar refractivity (Wildman–Crippen MR) is 294 cm³/mol. The van der Waals surface area contributed by atoms with Gasteiger partial charge in [-0.1, -0.05) is 91.3 Å². The first-order chi connectivity index (χ1) is 36.2. The molecule has 8 aromatic rings. The molecule has 0 aliphatic carbocycles. The Balaban J connectivity index is 0.000000246. The molecule has 8 rings (SSSR count). The molecule has 0 heterocycles. The van der Waals surface area contributed by atoms with Crippen molar-refractivity contribution in [1.82, 2.24) is 0 Å². The number of phenolic OH excluding ortho intramolecular Hbond substituents is 1. The van der Waals surface area contributed by atoms with Gasteiger partial charge in [0.05, 0.1) is 44.3 Å². The number of halogens is 2. The molecular formula is C54H46BaCl2N6O12S2. The van der Waals surface area contributed by atoms with Gasteiger partial charge in [-0.3, -0.25) is 14.1 Å². The summed E-state index contributed by atoms with van der Waals surface area (Å²) >= 11 is 12.5. The number of anilines is 2. The van der Waals surface area contributed by atoms with Crippen LogP contribution in [0.15, 0.2) is 164 Å². The van der Waals surface area contributed by atoms with Crippen molar-refractivity contribution >= 4 is 160 Å². The van der Waals surface area contributed by atoms with Gasteiger partial charge in [-0.15, -0.1) is 15.3 Å². The van der Waals surface area contributed by atoms with Crippen LogP contribution in [0.1, 0.15) is 59.5 Å². The van der Waals surface area contributed by atoms with Gasteiger partial charge < -0.3 is 34.9 Å². The summed E-state index contributed by atoms with van der Waals surface area (Å²) in [6.07, 6.45) is 0.567. The van der Waals surface area contributed by atoms with Crippen molar-refractivity contribution in [3.8, 4) is 23.0 Å². The maximum Gasteiger partial charge on any atom is 2.00 e. The normalized spacial score (nSPS) is 11.5. The summed E-state index contributed by atoms with van der Waals surface area (Å²) in [5.41, 5.74) is 1.02. The molecule has 0 atom stereocenters. The molecule has 18 nitrogen and oxygen atoms in total. The van der Waals surface area contributed by atoms with Crippen molar-refractivity contribution in [1.29, 1.82) is 0 Å². The molecule has 0 aliphatic heterocycles. The topological polar surface area (TPSA) is 281 Å². The van der Waals surface area contributed by atoms with E-state index in [-0.39, 0.29) is 110 Å². The first kappa shape index (κ1) is 59.8. The van der Waals surface area contributed by atoms with Crippen LogP contribution in [0.2, 0.25) is 10.0 Å². The summed E-state index contributed by atoms with van der Waals surface area (Å²) in [5.74, 6) is -1.04. The molecule has 8 aromatic carbocycles. The molecule has 0 saturated carbocycles. The van der Waals surface area contributed by atoms with E-state index < -0.39 is 48.4 Å². The number of fused-ring (bicyclic) bond motifs is 2. The molecule has 23 heteroatoms. The van der Waals surface area contributed by atoms with Gasteiger partial charge in [0.15, 0.2) is 5.75 Å². The third kappa shape index (κ3) is 14.6. The van der Waals surface area contributed by atoms with Crippen LogP contribution < -0.4 is 25.2 Å². The van der Waals surface area contributed by atoms with Gasteiger partial charge in [0.25, 0.3) is 21.9 Å². The summed E-state index contributed by atoms with van der Waals surface area (Å²) in [5, 5.41) is 48.4. The summed E-state index contributed by atoms with van der Waals surface area (Å²) in [4.78, 5) is 25.4. The van der Waals surface area contributed by atoms with Gasteiger partial charge >= 0.3 is 48.9 Å². The standard InChI is InChI=1S/2C27H24ClN3O6S.Ba/c2*1-3-16-14-22(28)23(15-24(16)38(34,35)36)30-31-25-20-8-6-5-7-17(20)13-21(26(25)32)27(33)29-18-9-11-19(12-10-18)37-4-2;/h2*5-15,32H,3-4H2,1-2H3,(H,29,33)(H,34,35,36);/q;;+2/p-2. The maximum absolute atomic E-state index is 13.4. The maximum atomic E-state index is 13.4. The molecule has 77 heavy (non-hydrogen) atoms. The largest absolute Gasteiger partial charge is 2.00 e. The second-order valence-corrected chi connectivity index (χ2v) is 19.9. The second-order valence-electron chi connectivity index (χ2n) is 16.3. The molecule has 0 aliphatic rings. The van der Waals surface area contributed by atoms with E-state index in [2.05, 4.69) is 31.1 Å². The van der Waals surface area contributed by atoms with Crippen LogP contribution in [0, 0.1) is 0 Å². The number of aromatic hydroxyl groups is 1. The number of azo groups is 2. The SMILES string of the molecule is CCOc1ccc(NC(=O)c2cc3ccccc3c(N=Nc3cc(S(=O)(=O)O)c(CC)cc3Cl)c2O)cc1.CCOc1ccc(NC(=O)c2cc3ccccc3c(N=Nc3cc(S(=O)(=O)[O-])c(CC)cc3Cl)c2[O-])cc1.[Ba+2]. The second kappa shape index (κ2) is 26.3. The molecular weight excluding hydrogens is 1200 g/mol. The van der Waals surface area contributed by atoms with Gasteiger partial charge in [0.2, 0.25) is 0 Å². The number of nitrogens with one attached hydrogen (secondary N) is 2. The molecule has 4 N–H and O–H groups in total. The Hall–Kier alpha value is -6.41. The van der Waals surface area contributed by atoms with E-state index in [0.29, 0.717) is 69.6 Å². The Morgan fingerprint density at radius 3 is 1.45 bits per heavy atom. The van der Waals surface area contributed by atoms with Crippen LogP contribution in [0.25, 0.3) is 21.5 Å². The first-order valence-corrected chi connectivity index (χ1v) is 26.8. The number of ether oxygens (including phenoxy) is 2. The quantitative estimate of drug-likeness (QED) is 0.0399. The van der Waals surface area contributed by atoms with Crippen molar-refractivity contribution in [2.24, 2.45) is 20.5 Å². The minimum absolute atomic E-state index is 0. The number of rotatable bonds is 16. The molecule has 0 unspecified atom stereocenters. The number of phenols is 1. The number of nitrogens with zero attached hydrogens (tertiary/aromatic N) is 4. The van der Waals surface area contributed by atoms with Gasteiger partial charge in [-0.2, -0.15) is 13.5 Å². The van der Waals surface area contributed by atoms with Gasteiger partial charge in [0.1, 0.15) is 38.7 Å². The van der Waals surface area contributed by atoms with Crippen molar-refractivity contribution in [3.05, 3.63) is 166 Å². The number of hydrogen-bond acceptors (Lipinski definition) is 15. The third-order valence-electron chi connectivity index (χ3n) is 11.4. The summed E-state index contributed by atoms with van der Waals surface area (Å²) < 4.78 is 79.3. The zero-order valence-corrected chi connectivity index (χ0v) is 49.2. The van der Waals surface area contributed by atoms with E-state index in [9.17, 15) is 45.7 Å². The fourth-order valence-electron chi connectivity index (χ4n) is 7.72. The van der Waals surface area contributed by atoms with Crippen LogP contribution in [0.5, 0.6) is 23.0 Å². The minimum Gasteiger partial charge on any atom is -0.870 e. The average molecular weight is 1240 g/mol. The first-order valence-electron chi connectivity index (χ1n) is 23.2. The van der Waals surface area contributed by atoms with E-state index in [1.165, 1.54) is 24.3 Å². The number of amides is 2. The molecule has 0 spiro atoms. The Morgan fingerprint density at radius 1 is 0.584 bits per heavy atom. The third-order valence-corrected chi connectivity index (χ3v) is 13.9. The number of benzene rings is 8. The van der Waals surface area contributed by atoms with Crippen molar-refractivity contribution in [2.45, 2.75) is 50.3 Å². The number of aryl methyl sites for hydroxylation is 2. The fourth-order valence-corrected chi connectivity index (χ4v) is 9.75. The summed E-state index contributed by atoms with van der Waals surface area (Å²) in [7, 11) is -9.33. The molecule has 0 saturated heterocycles. The number of hydrogen-bond donors (Lipinski definition) is 4. The molecule has 392 valence electrons. The number of carbonyl (C=O) groups is 2. The van der Waals surface area contributed by atoms with Crippen LogP contribution in [0.4, 0.5) is 34.1 Å². The molecule has 2 amide bonds. The Kier molecular flexibility index (Phi) is 20.4. The predicted octanol–water partition coefficient (Wildman–Crippen LogP) is 12.8. The van der Waals surface area contributed by atoms with Crippen molar-refractivity contribution in [2.75, 3.05) is 23.8 Å². The monoisotopic (exact) mass is 1240 g/mol. The van der Waals surface area contributed by atoms with Gasteiger partial charge in [-0.25, -0.2) is 8.42 Å². The summed E-state index contributed by atoms with van der Waals surface area (Å²) in [6.45, 7) is 8.14. The van der Waals surface area contributed by atoms with Crippen LogP contribution in [-0.2, 0) is 33.1 Å². The zero-order chi connectivity index (χ0) is 54.9. The Labute approximate surface area is 493 Å². The van der Waals surface area contributed by atoms with Gasteiger partial charge in [0, 0.05) is 27.7 Å². The molecule has 0 fully saturated rings. The van der Waals surface area contributed by atoms with E-state index in [1.807, 2.05) is 13.8 Å². The van der Waals surface area contributed by atoms with Crippen LogP contribution in [-0.4, -0.2) is 105 Å². The summed E-state index contributed by atoms with van der Waals surface area (Å²) in [6, 6.07) is 35.1. The smallest absolute Gasteiger partial charge is 0.870 e. The van der Waals surface area contributed by atoms with Gasteiger partial charge in [-0.05, 0) is 134 Å². The van der Waals surface area contributed by atoms with Crippen LogP contribution in [0.3, 0.4) is 0 Å². The van der Waals surface area contributed by atoms with E-state index in [4.69, 9.17) is 32.7 Å². The van der Waals surface area contributed by atoms with Crippen molar-refractivity contribution in [3.63, 3.8) is 0 Å². The fraction of sp³-hybridized carbons (Fsp3) is 0.148. The van der Waals surface area contributed by atoms with E-state index in [0.717, 1.165) is 12.1 Å². The Morgan fingerprint density at radius 2 is 1.00 bits per heavy atom. The average Bonchev–Trinajstić information content (AvgIpc) is 3.39. The van der Waals surface area contributed by atoms with Crippen LogP contribution >= 0.6 is 23.2 Å². The molecule has 0 radical (unpaired) electrons. The Bertz CT molecular complexity index is 3560. The van der Waals surface area contributed by atoms with E-state index >= 15 is 0 Å². The number of carbonyl (C=O) groups excluding carboxylic acids is 2. The molecule has 0 bridgehead atoms. The zero-order valence-electron chi connectivity index (χ0n) is 41.6. The van der Waals surface area contributed by atoms with E-state index in [1.54, 1.807) is 111 Å². The minimum atomic E-state index is -4.80. The molecule has 0 aromatic heterocycles. The van der Waals surface area contributed by atoms with Crippen molar-refractivity contribution < 1.29 is 55.2 Å².